The highest BCUT2D eigenvalue weighted by Crippen LogP contribution is 2.14. The molecule has 4 rings (SSSR count). The van der Waals surface area contributed by atoms with Crippen molar-refractivity contribution in [3.8, 4) is 0 Å². The van der Waals surface area contributed by atoms with Crippen LogP contribution in [0.5, 0.6) is 0 Å². The van der Waals surface area contributed by atoms with Gasteiger partial charge in [-0.1, -0.05) is 6.07 Å². The number of hydrogen-bond donors (Lipinski definition) is 0. The summed E-state index contributed by atoms with van der Waals surface area (Å²) in [6, 6.07) is 7.18. The minimum absolute atomic E-state index is 0.00389. The van der Waals surface area contributed by atoms with Gasteiger partial charge >= 0.3 is 5.69 Å². The third-order valence-corrected chi connectivity index (χ3v) is 4.57. The van der Waals surface area contributed by atoms with E-state index in [0.29, 0.717) is 49.8 Å². The normalized spacial score (nSPS) is 15.8. The fourth-order valence-corrected chi connectivity index (χ4v) is 3.12. The second-order valence-electron chi connectivity index (χ2n) is 6.15. The minimum Gasteiger partial charge on any atom is -0.469 e. The van der Waals surface area contributed by atoms with E-state index in [-0.39, 0.29) is 11.6 Å². The van der Waals surface area contributed by atoms with Gasteiger partial charge in [0.2, 0.25) is 0 Å². The molecule has 25 heavy (non-hydrogen) atoms. The fourth-order valence-electron chi connectivity index (χ4n) is 3.12. The van der Waals surface area contributed by atoms with Gasteiger partial charge in [-0.2, -0.15) is 4.68 Å². The van der Waals surface area contributed by atoms with Gasteiger partial charge in [-0.3, -0.25) is 14.1 Å². The molecule has 1 amide bonds. The highest BCUT2D eigenvalue weighted by Gasteiger charge is 2.24. The molecule has 0 aromatic carbocycles. The largest absolute Gasteiger partial charge is 0.469 e. The molecule has 130 valence electrons. The Labute approximate surface area is 143 Å². The monoisotopic (exact) mass is 341 g/mol. The Kier molecular flexibility index (Phi) is 3.89. The van der Waals surface area contributed by atoms with Gasteiger partial charge in [-0.15, -0.1) is 5.10 Å². The number of aryl methyl sites for hydroxylation is 1. The molecule has 3 aromatic rings. The Bertz CT molecular complexity index is 962. The zero-order chi connectivity index (χ0) is 17.4. The molecule has 0 atom stereocenters. The van der Waals surface area contributed by atoms with E-state index in [4.69, 9.17) is 4.42 Å². The lowest BCUT2D eigenvalue weighted by atomic mass is 10.2. The summed E-state index contributed by atoms with van der Waals surface area (Å²) in [5.74, 6) is 0.638. The van der Waals surface area contributed by atoms with Gasteiger partial charge in [0.15, 0.2) is 5.65 Å². The number of amides is 1. The van der Waals surface area contributed by atoms with Gasteiger partial charge in [-0.05, 0) is 25.1 Å². The van der Waals surface area contributed by atoms with Crippen LogP contribution in [-0.2, 0) is 6.67 Å². The van der Waals surface area contributed by atoms with Crippen LogP contribution < -0.4 is 5.69 Å². The topological polar surface area (TPSA) is 76.0 Å². The number of fused-ring (bicyclic) bond motifs is 1. The molecule has 8 nitrogen and oxygen atoms in total. The summed E-state index contributed by atoms with van der Waals surface area (Å²) in [5.41, 5.74) is 1.10. The smallest absolute Gasteiger partial charge is 0.351 e. The van der Waals surface area contributed by atoms with Gasteiger partial charge in [0.05, 0.1) is 18.5 Å². The van der Waals surface area contributed by atoms with Crippen molar-refractivity contribution in [3.05, 3.63) is 58.5 Å². The van der Waals surface area contributed by atoms with Crippen molar-refractivity contribution in [2.24, 2.45) is 0 Å². The van der Waals surface area contributed by atoms with Gasteiger partial charge in [0.1, 0.15) is 5.76 Å². The van der Waals surface area contributed by atoms with Crippen molar-refractivity contribution >= 4 is 11.6 Å². The molecule has 0 N–H and O–H groups in total. The molecule has 4 heterocycles. The van der Waals surface area contributed by atoms with Crippen LogP contribution >= 0.6 is 0 Å². The molecule has 0 radical (unpaired) electrons. The van der Waals surface area contributed by atoms with Crippen LogP contribution in [0.15, 0.2) is 45.9 Å². The van der Waals surface area contributed by atoms with Crippen molar-refractivity contribution in [2.75, 3.05) is 26.2 Å². The third-order valence-electron chi connectivity index (χ3n) is 4.57. The molecule has 0 aliphatic carbocycles. The first-order chi connectivity index (χ1) is 12.1. The van der Waals surface area contributed by atoms with Gasteiger partial charge in [0, 0.05) is 32.4 Å². The molecule has 1 fully saturated rings. The number of furan rings is 1. The fraction of sp³-hybridized carbons (Fsp3) is 0.353. The van der Waals surface area contributed by atoms with Crippen molar-refractivity contribution in [3.63, 3.8) is 0 Å². The van der Waals surface area contributed by atoms with E-state index in [1.807, 2.05) is 23.1 Å². The first-order valence-electron chi connectivity index (χ1n) is 8.23. The van der Waals surface area contributed by atoms with Gasteiger partial charge in [-0.25, -0.2) is 4.79 Å². The lowest BCUT2D eigenvalue weighted by molar-refractivity contribution is 0.0582. The maximum absolute atomic E-state index is 12.5. The van der Waals surface area contributed by atoms with E-state index in [9.17, 15) is 9.59 Å². The molecular weight excluding hydrogens is 322 g/mol. The maximum atomic E-state index is 12.5. The highest BCUT2D eigenvalue weighted by atomic mass is 16.3. The third kappa shape index (κ3) is 2.85. The van der Waals surface area contributed by atoms with Crippen LogP contribution in [-0.4, -0.2) is 56.1 Å². The van der Waals surface area contributed by atoms with E-state index in [0.717, 1.165) is 0 Å². The van der Waals surface area contributed by atoms with Crippen LogP contribution in [0.4, 0.5) is 0 Å². The number of nitrogens with zero attached hydrogens (tertiary/aromatic N) is 5. The molecular formula is C17H19N5O3. The molecule has 0 bridgehead atoms. The van der Waals surface area contributed by atoms with E-state index >= 15 is 0 Å². The van der Waals surface area contributed by atoms with E-state index in [2.05, 4.69) is 10.00 Å². The van der Waals surface area contributed by atoms with E-state index in [1.165, 1.54) is 15.3 Å². The van der Waals surface area contributed by atoms with Gasteiger partial charge < -0.3 is 9.32 Å². The summed E-state index contributed by atoms with van der Waals surface area (Å²) >= 11 is 0. The molecule has 0 saturated carbocycles. The highest BCUT2D eigenvalue weighted by molar-refractivity contribution is 5.95. The average molecular weight is 341 g/mol. The average Bonchev–Trinajstić information content (AvgIpc) is 3.19. The summed E-state index contributed by atoms with van der Waals surface area (Å²) in [5, 5.41) is 4.35. The molecule has 1 aliphatic heterocycles. The Hall–Kier alpha value is -2.87. The number of rotatable bonds is 3. The van der Waals surface area contributed by atoms with Crippen LogP contribution in [0.25, 0.3) is 5.65 Å². The van der Waals surface area contributed by atoms with E-state index in [1.54, 1.807) is 19.2 Å². The number of carbonyl (C=O) groups excluding carboxylic acids is 1. The molecule has 0 spiro atoms. The molecule has 3 aromatic heterocycles. The van der Waals surface area contributed by atoms with Crippen molar-refractivity contribution < 1.29 is 9.21 Å². The predicted octanol–water partition coefficient (Wildman–Crippen LogP) is 0.813. The summed E-state index contributed by atoms with van der Waals surface area (Å²) in [7, 11) is 0. The zero-order valence-electron chi connectivity index (χ0n) is 14.0. The van der Waals surface area contributed by atoms with Crippen LogP contribution in [0, 0.1) is 6.92 Å². The second kappa shape index (κ2) is 6.21. The number of carbonyl (C=O) groups is 1. The summed E-state index contributed by atoms with van der Waals surface area (Å²) in [6.07, 6.45) is 3.25. The van der Waals surface area contributed by atoms with Crippen LogP contribution in [0.2, 0.25) is 0 Å². The Morgan fingerprint density at radius 2 is 2.00 bits per heavy atom. The van der Waals surface area contributed by atoms with Crippen molar-refractivity contribution in [1.29, 1.82) is 0 Å². The number of aromatic nitrogens is 3. The first-order valence-corrected chi connectivity index (χ1v) is 8.23. The summed E-state index contributed by atoms with van der Waals surface area (Å²) < 4.78 is 8.21. The summed E-state index contributed by atoms with van der Waals surface area (Å²) in [6.45, 7) is 4.84. The van der Waals surface area contributed by atoms with E-state index < -0.39 is 0 Å². The Morgan fingerprint density at radius 3 is 2.68 bits per heavy atom. The molecule has 1 aliphatic rings. The Morgan fingerprint density at radius 1 is 1.20 bits per heavy atom. The molecule has 1 saturated heterocycles. The van der Waals surface area contributed by atoms with Crippen molar-refractivity contribution in [2.45, 2.75) is 13.6 Å². The predicted molar refractivity (Wildman–Crippen MR) is 90.4 cm³/mol. The lowest BCUT2D eigenvalue weighted by Crippen LogP contribution is -2.49. The molecule has 0 unspecified atom stereocenters. The number of hydrogen-bond acceptors (Lipinski definition) is 5. The first kappa shape index (κ1) is 15.6. The molecule has 8 heteroatoms. The Balaban J connectivity index is 1.42. The second-order valence-corrected chi connectivity index (χ2v) is 6.15. The number of piperazine rings is 1. The lowest BCUT2D eigenvalue weighted by Gasteiger charge is -2.34. The SMILES string of the molecule is Cc1occc1C(=O)N1CCN(Cn2nc3ccccn3c2=O)CC1. The zero-order valence-corrected chi connectivity index (χ0v) is 14.0. The summed E-state index contributed by atoms with van der Waals surface area (Å²) in [4.78, 5) is 28.8. The number of pyridine rings is 1. The van der Waals surface area contributed by atoms with Crippen LogP contribution in [0.3, 0.4) is 0 Å². The minimum atomic E-state index is -0.150. The van der Waals surface area contributed by atoms with Crippen molar-refractivity contribution in [1.82, 2.24) is 24.0 Å². The quantitative estimate of drug-likeness (QED) is 0.705. The van der Waals surface area contributed by atoms with Crippen LogP contribution in [0.1, 0.15) is 16.1 Å². The maximum Gasteiger partial charge on any atom is 0.351 e. The standard InChI is InChI=1S/C17H19N5O3/c1-13-14(5-11-25-13)16(23)20-9-7-19(8-10-20)12-22-17(24)21-6-3-2-4-15(21)18-22/h2-6,11H,7-10,12H2,1H3. The van der Waals surface area contributed by atoms with Gasteiger partial charge in [0.25, 0.3) is 5.91 Å².